The highest BCUT2D eigenvalue weighted by atomic mass is 14.8. The molecule has 0 aromatic rings. The van der Waals surface area contributed by atoms with Crippen LogP contribution in [0, 0.1) is 5.41 Å². The lowest BCUT2D eigenvalue weighted by Gasteiger charge is -2.19. The summed E-state index contributed by atoms with van der Waals surface area (Å²) in [5, 5.41) is 0. The molecule has 0 unspecified atom stereocenters. The van der Waals surface area contributed by atoms with Crippen LogP contribution in [0.2, 0.25) is 0 Å². The largest absolute Gasteiger partial charge is 0.282 e. The fourth-order valence-electron chi connectivity index (χ4n) is 2.15. The third-order valence-corrected chi connectivity index (χ3v) is 3.24. The van der Waals surface area contributed by atoms with E-state index < -0.39 is 0 Å². The van der Waals surface area contributed by atoms with Crippen molar-refractivity contribution < 1.29 is 0 Å². The molecular weight excluding hydrogens is 230 g/mol. The van der Waals surface area contributed by atoms with Gasteiger partial charge in [0.1, 0.15) is 0 Å². The maximum atomic E-state index is 4.62. The predicted molar refractivity (Wildman–Crippen MR) is 85.8 cm³/mol. The molecule has 2 aliphatic rings. The van der Waals surface area contributed by atoms with Gasteiger partial charge in [0.15, 0.2) is 0 Å². The van der Waals surface area contributed by atoms with Gasteiger partial charge in [0.25, 0.3) is 0 Å². The first-order valence-corrected chi connectivity index (χ1v) is 7.30. The molecule has 0 atom stereocenters. The number of aliphatic imine (C=N–C) groups is 1. The summed E-state index contributed by atoms with van der Waals surface area (Å²) in [7, 11) is 0. The molecule has 1 nitrogen and oxygen atoms in total. The molecule has 1 heteroatoms. The minimum atomic E-state index is -0.148. The summed E-state index contributed by atoms with van der Waals surface area (Å²) in [4.78, 5) is 4.62. The summed E-state index contributed by atoms with van der Waals surface area (Å²) in [5.41, 5.74) is 5.87. The van der Waals surface area contributed by atoms with Crippen molar-refractivity contribution in [3.8, 4) is 0 Å². The molecule has 0 spiro atoms. The molecule has 0 saturated carbocycles. The van der Waals surface area contributed by atoms with Crippen LogP contribution in [0.25, 0.3) is 0 Å². The minimum Gasteiger partial charge on any atom is -0.282 e. The van der Waals surface area contributed by atoms with Crippen molar-refractivity contribution in [1.29, 1.82) is 0 Å². The van der Waals surface area contributed by atoms with Crippen LogP contribution in [0.1, 0.15) is 54.4 Å². The Bertz CT molecular complexity index is 464. The third-order valence-electron chi connectivity index (χ3n) is 3.24. The van der Waals surface area contributed by atoms with Crippen molar-refractivity contribution >= 4 is 6.21 Å². The zero-order valence-electron chi connectivity index (χ0n) is 13.2. The highest BCUT2D eigenvalue weighted by Crippen LogP contribution is 2.32. The van der Waals surface area contributed by atoms with Gasteiger partial charge in [-0.2, -0.15) is 0 Å². The van der Waals surface area contributed by atoms with Gasteiger partial charge < -0.3 is 0 Å². The van der Waals surface area contributed by atoms with E-state index in [0.717, 1.165) is 6.42 Å². The first kappa shape index (κ1) is 15.7. The van der Waals surface area contributed by atoms with Gasteiger partial charge in [0.05, 0.1) is 5.54 Å². The number of hydrogen-bond acceptors (Lipinski definition) is 1. The van der Waals surface area contributed by atoms with E-state index in [2.05, 4.69) is 56.6 Å². The Labute approximate surface area is 118 Å². The molecule has 1 aliphatic carbocycles. The molecule has 0 saturated heterocycles. The second-order valence-corrected chi connectivity index (χ2v) is 6.15. The van der Waals surface area contributed by atoms with Crippen LogP contribution in [-0.4, -0.2) is 11.8 Å². The molecule has 0 amide bonds. The lowest BCUT2D eigenvalue weighted by Crippen LogP contribution is -2.13. The first-order valence-electron chi connectivity index (χ1n) is 7.30. The van der Waals surface area contributed by atoms with Crippen molar-refractivity contribution in [3.63, 3.8) is 0 Å². The van der Waals surface area contributed by atoms with Crippen LogP contribution in [0.4, 0.5) is 0 Å². The lowest BCUT2D eigenvalue weighted by atomic mass is 9.87. The quantitative estimate of drug-likeness (QED) is 0.525. The number of rotatable bonds is 0. The summed E-state index contributed by atoms with van der Waals surface area (Å²) < 4.78 is 0. The van der Waals surface area contributed by atoms with Crippen LogP contribution in [0.5, 0.6) is 0 Å². The minimum absolute atomic E-state index is 0.148. The standard InChI is InChI=1S/C16H21N.C2H6/c1-15(2)9-5-8-14-12-17-16(3,4)10-6-7-13(14)11-15;1-2/h7-8,10-12H,5,9H2,1-4H3;1-2H3. The SMILES string of the molecule is CC.CC1(C)C=C2C=C=CC(C)(C)N=CC2=CCC1. The highest BCUT2D eigenvalue weighted by Gasteiger charge is 2.20. The zero-order valence-corrected chi connectivity index (χ0v) is 13.2. The number of nitrogens with zero attached hydrogens (tertiary/aromatic N) is 1. The van der Waals surface area contributed by atoms with E-state index in [-0.39, 0.29) is 11.0 Å². The van der Waals surface area contributed by atoms with Crippen LogP contribution in [0.3, 0.4) is 0 Å². The molecule has 0 aromatic heterocycles. The van der Waals surface area contributed by atoms with Gasteiger partial charge in [-0.1, -0.05) is 39.8 Å². The van der Waals surface area contributed by atoms with Crippen molar-refractivity contribution in [2.45, 2.75) is 59.9 Å². The molecule has 2 rings (SSSR count). The Morgan fingerprint density at radius 3 is 2.47 bits per heavy atom. The van der Waals surface area contributed by atoms with Crippen LogP contribution >= 0.6 is 0 Å². The van der Waals surface area contributed by atoms with E-state index in [1.165, 1.54) is 17.6 Å². The monoisotopic (exact) mass is 257 g/mol. The summed E-state index contributed by atoms with van der Waals surface area (Å²) in [6, 6.07) is 0. The molecule has 0 bridgehead atoms. The summed E-state index contributed by atoms with van der Waals surface area (Å²) in [5.74, 6) is 0. The average Bonchev–Trinajstić information content (AvgIpc) is 2.46. The Kier molecular flexibility index (Phi) is 5.14. The third kappa shape index (κ3) is 4.69. The fourth-order valence-corrected chi connectivity index (χ4v) is 2.15. The van der Waals surface area contributed by atoms with Gasteiger partial charge in [0.2, 0.25) is 0 Å². The van der Waals surface area contributed by atoms with Crippen molar-refractivity contribution in [2.75, 3.05) is 0 Å². The number of hydrogen-bond donors (Lipinski definition) is 0. The smallest absolute Gasteiger partial charge is 0.0805 e. The summed E-state index contributed by atoms with van der Waals surface area (Å²) in [6.45, 7) is 12.8. The Morgan fingerprint density at radius 1 is 1.11 bits per heavy atom. The van der Waals surface area contributed by atoms with E-state index in [0.29, 0.717) is 0 Å². The molecule has 0 fully saturated rings. The zero-order chi connectivity index (χ0) is 14.5. The van der Waals surface area contributed by atoms with Crippen LogP contribution in [0.15, 0.2) is 46.2 Å². The summed E-state index contributed by atoms with van der Waals surface area (Å²) >= 11 is 0. The molecule has 1 aliphatic heterocycles. The molecule has 0 aromatic carbocycles. The van der Waals surface area contributed by atoms with Crippen LogP contribution < -0.4 is 0 Å². The van der Waals surface area contributed by atoms with Gasteiger partial charge in [0, 0.05) is 6.21 Å². The maximum Gasteiger partial charge on any atom is 0.0805 e. The van der Waals surface area contributed by atoms with Gasteiger partial charge in [-0.15, -0.1) is 5.73 Å². The van der Waals surface area contributed by atoms with E-state index >= 15 is 0 Å². The van der Waals surface area contributed by atoms with Crippen LogP contribution in [-0.2, 0) is 0 Å². The van der Waals surface area contributed by atoms with E-state index in [1.807, 2.05) is 26.1 Å². The second-order valence-electron chi connectivity index (χ2n) is 6.15. The highest BCUT2D eigenvalue weighted by molar-refractivity contribution is 5.86. The molecule has 0 N–H and O–H groups in total. The second kappa shape index (κ2) is 6.21. The van der Waals surface area contributed by atoms with E-state index in [4.69, 9.17) is 0 Å². The Morgan fingerprint density at radius 2 is 1.79 bits per heavy atom. The van der Waals surface area contributed by atoms with Crippen molar-refractivity contribution in [3.05, 3.63) is 41.2 Å². The molecule has 104 valence electrons. The van der Waals surface area contributed by atoms with Gasteiger partial charge in [-0.05, 0) is 55.4 Å². The molecule has 1 heterocycles. The normalized spacial score (nSPS) is 22.8. The fraction of sp³-hybridized carbons (Fsp3) is 0.556. The van der Waals surface area contributed by atoms with Gasteiger partial charge in [-0.3, -0.25) is 4.99 Å². The topological polar surface area (TPSA) is 12.4 Å². The molecule has 19 heavy (non-hydrogen) atoms. The van der Waals surface area contributed by atoms with Crippen molar-refractivity contribution in [2.24, 2.45) is 10.4 Å². The van der Waals surface area contributed by atoms with E-state index in [1.54, 1.807) is 0 Å². The predicted octanol–water partition coefficient (Wildman–Crippen LogP) is 5.26. The Balaban J connectivity index is 0.000000861. The first-order chi connectivity index (χ1) is 8.88. The Hall–Kier alpha value is -1.33. The molecule has 0 radical (unpaired) electrons. The lowest BCUT2D eigenvalue weighted by molar-refractivity contribution is 0.444. The van der Waals surface area contributed by atoms with E-state index in [9.17, 15) is 0 Å². The van der Waals surface area contributed by atoms with Gasteiger partial charge >= 0.3 is 0 Å². The molecular formula is C18H27N. The number of fused-ring (bicyclic) bond motifs is 1. The average molecular weight is 257 g/mol. The van der Waals surface area contributed by atoms with Crippen molar-refractivity contribution in [1.82, 2.24) is 0 Å². The summed E-state index contributed by atoms with van der Waals surface area (Å²) in [6.07, 6.45) is 13.1. The number of allylic oxidation sites excluding steroid dienone is 4. The maximum absolute atomic E-state index is 4.62. The van der Waals surface area contributed by atoms with Gasteiger partial charge in [-0.25, -0.2) is 0 Å².